The SMILES string of the molecule is COCC(=O)N1Cc2c(NCP(=O)(OC(C)C)OC(C)C)nc3cc(Cl)c(OC)cc3c2[C@@H]1C. The third kappa shape index (κ3) is 5.66. The molecular weight excluding hydrogens is 481 g/mol. The molecule has 1 amide bonds. The second kappa shape index (κ2) is 10.8. The Balaban J connectivity index is 2.08. The number of fused-ring (bicyclic) bond motifs is 3. The number of carbonyl (C=O) groups is 1. The molecule has 1 aliphatic rings. The summed E-state index contributed by atoms with van der Waals surface area (Å²) in [5.74, 6) is 0.888. The van der Waals surface area contributed by atoms with Crippen LogP contribution < -0.4 is 10.1 Å². The van der Waals surface area contributed by atoms with Crippen LogP contribution in [0.1, 0.15) is 51.8 Å². The molecule has 34 heavy (non-hydrogen) atoms. The second-order valence-electron chi connectivity index (χ2n) is 8.74. The van der Waals surface area contributed by atoms with Crippen LogP contribution in [-0.2, 0) is 29.7 Å². The minimum Gasteiger partial charge on any atom is -0.495 e. The molecule has 0 spiro atoms. The summed E-state index contributed by atoms with van der Waals surface area (Å²) in [6.45, 7) is 9.48. The maximum absolute atomic E-state index is 13.4. The number of anilines is 1. The van der Waals surface area contributed by atoms with Gasteiger partial charge in [0, 0.05) is 18.1 Å². The third-order valence-corrected chi connectivity index (χ3v) is 7.71. The molecule has 3 rings (SSSR count). The molecule has 11 heteroatoms. The van der Waals surface area contributed by atoms with Gasteiger partial charge in [0.05, 0.1) is 42.4 Å². The van der Waals surface area contributed by atoms with Gasteiger partial charge in [-0.1, -0.05) is 11.6 Å². The van der Waals surface area contributed by atoms with E-state index in [2.05, 4.69) is 5.32 Å². The first-order valence-electron chi connectivity index (χ1n) is 11.2. The fourth-order valence-electron chi connectivity index (χ4n) is 4.16. The predicted molar refractivity (Wildman–Crippen MR) is 133 cm³/mol. The van der Waals surface area contributed by atoms with Gasteiger partial charge in [0.2, 0.25) is 5.91 Å². The average molecular weight is 514 g/mol. The summed E-state index contributed by atoms with van der Waals surface area (Å²) < 4.78 is 35.2. The lowest BCUT2D eigenvalue weighted by atomic mass is 10.00. The van der Waals surface area contributed by atoms with Crippen molar-refractivity contribution in [1.29, 1.82) is 0 Å². The normalized spacial score (nSPS) is 15.9. The van der Waals surface area contributed by atoms with Gasteiger partial charge in [-0.2, -0.15) is 0 Å². The van der Waals surface area contributed by atoms with Crippen molar-refractivity contribution in [3.63, 3.8) is 0 Å². The van der Waals surface area contributed by atoms with Gasteiger partial charge in [0.15, 0.2) is 0 Å². The lowest BCUT2D eigenvalue weighted by molar-refractivity contribution is -0.137. The highest BCUT2D eigenvalue weighted by Gasteiger charge is 2.36. The zero-order chi connectivity index (χ0) is 25.2. The van der Waals surface area contributed by atoms with Crippen LogP contribution in [0.4, 0.5) is 5.82 Å². The van der Waals surface area contributed by atoms with Crippen LogP contribution in [0.2, 0.25) is 5.02 Å². The van der Waals surface area contributed by atoms with Gasteiger partial charge in [-0.15, -0.1) is 0 Å². The molecule has 1 aliphatic heterocycles. The fraction of sp³-hybridized carbons (Fsp3) is 0.565. The summed E-state index contributed by atoms with van der Waals surface area (Å²) in [5, 5.41) is 4.44. The Morgan fingerprint density at radius 3 is 2.44 bits per heavy atom. The van der Waals surface area contributed by atoms with Crippen molar-refractivity contribution in [1.82, 2.24) is 9.88 Å². The quantitative estimate of drug-likeness (QED) is 0.424. The molecule has 0 saturated heterocycles. The van der Waals surface area contributed by atoms with Crippen molar-refractivity contribution in [2.45, 2.75) is 59.4 Å². The third-order valence-electron chi connectivity index (χ3n) is 5.39. The highest BCUT2D eigenvalue weighted by Crippen LogP contribution is 2.51. The first kappa shape index (κ1) is 26.7. The Morgan fingerprint density at radius 2 is 1.88 bits per heavy atom. The number of nitrogens with one attached hydrogen (secondary N) is 1. The van der Waals surface area contributed by atoms with Crippen LogP contribution in [0.15, 0.2) is 12.1 Å². The standard InChI is InChI=1S/C23H33ClN3O6P/c1-13(2)32-34(29,33-14(3)4)12-25-23-17-10-27(21(28)11-30-6)15(5)22(17)16-8-20(31-7)18(24)9-19(16)26-23/h8-9,13-15H,10-12H2,1-7H3,(H,25,26)/t15-/m0/s1. The van der Waals surface area contributed by atoms with Crippen LogP contribution >= 0.6 is 19.2 Å². The first-order valence-corrected chi connectivity index (χ1v) is 13.3. The molecule has 1 N–H and O–H groups in total. The molecule has 9 nitrogen and oxygen atoms in total. The number of halogens is 1. The van der Waals surface area contributed by atoms with Crippen LogP contribution in [0.5, 0.6) is 5.75 Å². The summed E-state index contributed by atoms with van der Waals surface area (Å²) in [6.07, 6.45) is -0.635. The topological polar surface area (TPSA) is 99.2 Å². The summed E-state index contributed by atoms with van der Waals surface area (Å²) in [7, 11) is -0.422. The van der Waals surface area contributed by atoms with Crippen molar-refractivity contribution in [3.8, 4) is 5.75 Å². The average Bonchev–Trinajstić information content (AvgIpc) is 3.08. The number of rotatable bonds is 10. The highest BCUT2D eigenvalue weighted by molar-refractivity contribution is 7.54. The van der Waals surface area contributed by atoms with E-state index in [9.17, 15) is 9.36 Å². The maximum atomic E-state index is 13.4. The van der Waals surface area contributed by atoms with E-state index in [1.54, 1.807) is 45.8 Å². The minimum atomic E-state index is -3.46. The minimum absolute atomic E-state index is 0.0265. The summed E-state index contributed by atoms with van der Waals surface area (Å²) in [5.41, 5.74) is 2.38. The molecule has 188 valence electrons. The number of ether oxygens (including phenoxy) is 2. The molecule has 2 heterocycles. The Kier molecular flexibility index (Phi) is 8.47. The molecule has 1 aromatic heterocycles. The molecule has 0 radical (unpaired) electrons. The van der Waals surface area contributed by atoms with Gasteiger partial charge < -0.3 is 28.7 Å². The van der Waals surface area contributed by atoms with Crippen LogP contribution in [0.25, 0.3) is 10.9 Å². The van der Waals surface area contributed by atoms with E-state index in [1.165, 1.54) is 7.11 Å². The fourth-order valence-corrected chi connectivity index (χ4v) is 6.22. The van der Waals surface area contributed by atoms with Gasteiger partial charge in [-0.25, -0.2) is 4.98 Å². The zero-order valence-electron chi connectivity index (χ0n) is 20.7. The molecule has 0 aliphatic carbocycles. The molecule has 1 aromatic carbocycles. The van der Waals surface area contributed by atoms with Crippen LogP contribution in [0.3, 0.4) is 0 Å². The van der Waals surface area contributed by atoms with E-state index < -0.39 is 7.60 Å². The van der Waals surface area contributed by atoms with Crippen molar-refractivity contribution >= 4 is 41.8 Å². The van der Waals surface area contributed by atoms with Gasteiger partial charge in [0.25, 0.3) is 0 Å². The lowest BCUT2D eigenvalue weighted by Gasteiger charge is -2.24. The predicted octanol–water partition coefficient (Wildman–Crippen LogP) is 5.36. The van der Waals surface area contributed by atoms with E-state index in [1.807, 2.05) is 13.0 Å². The molecule has 0 saturated carbocycles. The summed E-state index contributed by atoms with van der Waals surface area (Å²) in [4.78, 5) is 19.2. The molecule has 1 atom stereocenters. The number of nitrogens with zero attached hydrogens (tertiary/aromatic N) is 2. The number of hydrogen-bond acceptors (Lipinski definition) is 8. The number of benzene rings is 1. The Hall–Kier alpha value is -1.90. The Bertz CT molecular complexity index is 1100. The van der Waals surface area contributed by atoms with Gasteiger partial charge in [-0.05, 0) is 52.3 Å². The highest BCUT2D eigenvalue weighted by atomic mass is 35.5. The molecule has 2 aromatic rings. The zero-order valence-corrected chi connectivity index (χ0v) is 22.3. The molecule has 0 unspecified atom stereocenters. The van der Waals surface area contributed by atoms with Crippen molar-refractivity contribution < 1.29 is 27.9 Å². The second-order valence-corrected chi connectivity index (χ2v) is 11.1. The van der Waals surface area contributed by atoms with Crippen molar-refractivity contribution in [3.05, 3.63) is 28.3 Å². The number of carbonyl (C=O) groups excluding carboxylic acids is 1. The van der Waals surface area contributed by atoms with E-state index in [0.717, 1.165) is 16.5 Å². The molecule has 0 bridgehead atoms. The Morgan fingerprint density at radius 1 is 1.24 bits per heavy atom. The largest absolute Gasteiger partial charge is 0.495 e. The van der Waals surface area contributed by atoms with Crippen LogP contribution in [-0.4, -0.2) is 55.1 Å². The Labute approximate surface area is 205 Å². The van der Waals surface area contributed by atoms with Crippen molar-refractivity contribution in [2.75, 3.05) is 32.4 Å². The summed E-state index contributed by atoms with van der Waals surface area (Å²) >= 11 is 6.38. The molecular formula is C23H33ClN3O6P. The van der Waals surface area contributed by atoms with Crippen LogP contribution in [0, 0.1) is 0 Å². The van der Waals surface area contributed by atoms with E-state index in [4.69, 9.17) is 35.1 Å². The van der Waals surface area contributed by atoms with E-state index in [0.29, 0.717) is 28.7 Å². The van der Waals surface area contributed by atoms with Gasteiger partial charge in [0.1, 0.15) is 24.5 Å². The smallest absolute Gasteiger partial charge is 0.350 e. The molecule has 0 fully saturated rings. The van der Waals surface area contributed by atoms with E-state index >= 15 is 0 Å². The van der Waals surface area contributed by atoms with Gasteiger partial charge >= 0.3 is 7.60 Å². The number of methoxy groups -OCH3 is 2. The number of amides is 1. The summed E-state index contributed by atoms with van der Waals surface area (Å²) in [6, 6.07) is 3.32. The van der Waals surface area contributed by atoms with E-state index in [-0.39, 0.29) is 37.0 Å². The van der Waals surface area contributed by atoms with Gasteiger partial charge in [-0.3, -0.25) is 9.36 Å². The van der Waals surface area contributed by atoms with Crippen molar-refractivity contribution in [2.24, 2.45) is 0 Å². The number of aromatic nitrogens is 1. The number of pyridine rings is 1. The lowest BCUT2D eigenvalue weighted by Crippen LogP contribution is -2.31. The maximum Gasteiger partial charge on any atom is 0.350 e. The monoisotopic (exact) mass is 513 g/mol. The first-order chi connectivity index (χ1) is 16.0. The number of hydrogen-bond donors (Lipinski definition) is 1.